The lowest BCUT2D eigenvalue weighted by atomic mass is 10.1. The minimum atomic E-state index is -0.157. The fraction of sp³-hybridized carbons (Fsp3) is 0.727. The zero-order valence-corrected chi connectivity index (χ0v) is 10.1. The van der Waals surface area contributed by atoms with Gasteiger partial charge >= 0.3 is 0 Å². The molecule has 16 heavy (non-hydrogen) atoms. The first-order chi connectivity index (χ1) is 7.49. The molecule has 1 aromatic heterocycles. The van der Waals surface area contributed by atoms with Crippen LogP contribution in [-0.4, -0.2) is 27.0 Å². The fourth-order valence-electron chi connectivity index (χ4n) is 1.86. The van der Waals surface area contributed by atoms with E-state index in [9.17, 15) is 5.11 Å². The molecule has 0 bridgehead atoms. The summed E-state index contributed by atoms with van der Waals surface area (Å²) in [5.41, 5.74) is 7.53. The van der Waals surface area contributed by atoms with Crippen LogP contribution in [0.1, 0.15) is 38.3 Å². The van der Waals surface area contributed by atoms with Gasteiger partial charge in [0, 0.05) is 7.05 Å². The second-order valence-electron chi connectivity index (χ2n) is 4.99. The van der Waals surface area contributed by atoms with Gasteiger partial charge in [0.05, 0.1) is 23.5 Å². The Labute approximate surface area is 95.6 Å². The molecule has 0 aromatic carbocycles. The van der Waals surface area contributed by atoms with E-state index >= 15 is 0 Å². The molecular weight excluding hydrogens is 204 g/mol. The van der Waals surface area contributed by atoms with Crippen molar-refractivity contribution in [3.63, 3.8) is 0 Å². The van der Waals surface area contributed by atoms with Crippen molar-refractivity contribution in [2.75, 3.05) is 17.7 Å². The predicted octanol–water partition coefficient (Wildman–Crippen LogP) is 1.06. The number of anilines is 2. The molecule has 0 spiro atoms. The van der Waals surface area contributed by atoms with E-state index in [1.165, 1.54) is 0 Å². The molecule has 90 valence electrons. The highest BCUT2D eigenvalue weighted by molar-refractivity contribution is 5.67. The molecule has 1 fully saturated rings. The van der Waals surface area contributed by atoms with Gasteiger partial charge in [0.1, 0.15) is 5.82 Å². The van der Waals surface area contributed by atoms with E-state index in [-0.39, 0.29) is 12.1 Å². The number of aryl methyl sites for hydroxylation is 1. The minimum Gasteiger partial charge on any atom is -0.394 e. The molecule has 4 N–H and O–H groups in total. The average Bonchev–Trinajstić information content (AvgIpc) is 2.96. The van der Waals surface area contributed by atoms with Crippen LogP contribution in [0.15, 0.2) is 0 Å². The molecular formula is C11H20N4O. The van der Waals surface area contributed by atoms with Gasteiger partial charge in [0.2, 0.25) is 0 Å². The third kappa shape index (κ3) is 1.75. The third-order valence-corrected chi connectivity index (χ3v) is 3.20. The minimum absolute atomic E-state index is 0.147. The lowest BCUT2D eigenvalue weighted by Crippen LogP contribution is -2.27. The lowest BCUT2D eigenvalue weighted by Gasteiger charge is -2.16. The highest BCUT2D eigenvalue weighted by Crippen LogP contribution is 2.40. The number of nitrogen functional groups attached to an aromatic ring is 1. The van der Waals surface area contributed by atoms with Gasteiger partial charge in [-0.15, -0.1) is 0 Å². The van der Waals surface area contributed by atoms with Crippen LogP contribution < -0.4 is 11.1 Å². The first-order valence-electron chi connectivity index (χ1n) is 5.70. The van der Waals surface area contributed by atoms with E-state index in [2.05, 4.69) is 24.3 Å². The summed E-state index contributed by atoms with van der Waals surface area (Å²) in [5.74, 6) is 1.14. The van der Waals surface area contributed by atoms with Gasteiger partial charge < -0.3 is 16.2 Å². The normalized spacial score (nSPS) is 17.8. The van der Waals surface area contributed by atoms with E-state index in [0.29, 0.717) is 11.6 Å². The van der Waals surface area contributed by atoms with Crippen LogP contribution in [0.5, 0.6) is 0 Å². The molecule has 1 saturated carbocycles. The number of nitrogens with zero attached hydrogens (tertiary/aromatic N) is 2. The maximum atomic E-state index is 9.28. The fourth-order valence-corrected chi connectivity index (χ4v) is 1.86. The van der Waals surface area contributed by atoms with Crippen LogP contribution in [0.25, 0.3) is 0 Å². The summed E-state index contributed by atoms with van der Waals surface area (Å²) in [6.45, 7) is 4.29. The summed E-state index contributed by atoms with van der Waals surface area (Å²) in [5, 5.41) is 17.0. The Morgan fingerprint density at radius 2 is 2.19 bits per heavy atom. The van der Waals surface area contributed by atoms with E-state index < -0.39 is 0 Å². The molecule has 0 saturated heterocycles. The van der Waals surface area contributed by atoms with Gasteiger partial charge in [0.15, 0.2) is 0 Å². The Hall–Kier alpha value is -1.23. The second-order valence-corrected chi connectivity index (χ2v) is 4.99. The monoisotopic (exact) mass is 224 g/mol. The lowest BCUT2D eigenvalue weighted by molar-refractivity contribution is 0.265. The van der Waals surface area contributed by atoms with Gasteiger partial charge in [-0.1, -0.05) is 13.8 Å². The van der Waals surface area contributed by atoms with Crippen molar-refractivity contribution in [1.82, 2.24) is 9.78 Å². The van der Waals surface area contributed by atoms with Crippen LogP contribution in [-0.2, 0) is 7.05 Å². The van der Waals surface area contributed by atoms with Crippen LogP contribution in [0.2, 0.25) is 0 Å². The summed E-state index contributed by atoms with van der Waals surface area (Å²) in [4.78, 5) is 0. The van der Waals surface area contributed by atoms with Crippen molar-refractivity contribution in [1.29, 1.82) is 0 Å². The third-order valence-electron chi connectivity index (χ3n) is 3.20. The maximum Gasteiger partial charge on any atom is 0.148 e. The Bertz CT molecular complexity index is 393. The maximum absolute atomic E-state index is 9.28. The number of aromatic nitrogens is 2. The van der Waals surface area contributed by atoms with E-state index in [4.69, 9.17) is 5.73 Å². The number of nitrogens with one attached hydrogen (secondary N) is 1. The van der Waals surface area contributed by atoms with Crippen molar-refractivity contribution < 1.29 is 5.11 Å². The molecule has 0 unspecified atom stereocenters. The van der Waals surface area contributed by atoms with Crippen LogP contribution >= 0.6 is 0 Å². The molecule has 0 radical (unpaired) electrons. The first kappa shape index (κ1) is 11.3. The molecule has 2 rings (SSSR count). The summed E-state index contributed by atoms with van der Waals surface area (Å²) in [6, 6.07) is 0. The molecule has 1 aliphatic rings. The Morgan fingerprint density at radius 1 is 1.56 bits per heavy atom. The second kappa shape index (κ2) is 3.66. The van der Waals surface area contributed by atoms with Crippen molar-refractivity contribution in [2.24, 2.45) is 7.05 Å². The molecule has 0 aliphatic heterocycles. The summed E-state index contributed by atoms with van der Waals surface area (Å²) >= 11 is 0. The van der Waals surface area contributed by atoms with Gasteiger partial charge in [-0.3, -0.25) is 4.68 Å². The highest BCUT2D eigenvalue weighted by Gasteiger charge is 2.43. The van der Waals surface area contributed by atoms with Crippen LogP contribution in [0, 0.1) is 0 Å². The van der Waals surface area contributed by atoms with Gasteiger partial charge in [-0.2, -0.15) is 5.10 Å². The van der Waals surface area contributed by atoms with Crippen molar-refractivity contribution in [3.8, 4) is 0 Å². The summed E-state index contributed by atoms with van der Waals surface area (Å²) < 4.78 is 1.76. The van der Waals surface area contributed by atoms with Crippen molar-refractivity contribution >= 4 is 11.5 Å². The molecule has 1 heterocycles. The number of hydrogen-bond acceptors (Lipinski definition) is 4. The van der Waals surface area contributed by atoms with Crippen molar-refractivity contribution in [2.45, 2.75) is 38.1 Å². The molecule has 0 atom stereocenters. The van der Waals surface area contributed by atoms with Gasteiger partial charge in [-0.05, 0) is 18.8 Å². The number of aliphatic hydroxyl groups is 1. The highest BCUT2D eigenvalue weighted by atomic mass is 16.3. The first-order valence-corrected chi connectivity index (χ1v) is 5.70. The number of aliphatic hydroxyl groups excluding tert-OH is 1. The standard InChI is InChI=1S/C11H20N4O/c1-7(2)9-8(12)10(15(3)14-9)13-11(6-16)4-5-11/h7,13,16H,4-6,12H2,1-3H3. The van der Waals surface area contributed by atoms with E-state index in [0.717, 1.165) is 24.4 Å². The average molecular weight is 224 g/mol. The number of nitrogens with two attached hydrogens (primary N) is 1. The topological polar surface area (TPSA) is 76.1 Å². The number of rotatable bonds is 4. The Kier molecular flexibility index (Phi) is 2.58. The van der Waals surface area contributed by atoms with Gasteiger partial charge in [-0.25, -0.2) is 0 Å². The summed E-state index contributed by atoms with van der Waals surface area (Å²) in [7, 11) is 1.87. The zero-order chi connectivity index (χ0) is 11.9. The zero-order valence-electron chi connectivity index (χ0n) is 10.1. The summed E-state index contributed by atoms with van der Waals surface area (Å²) in [6.07, 6.45) is 1.98. The van der Waals surface area contributed by atoms with E-state index in [1.54, 1.807) is 4.68 Å². The SMILES string of the molecule is CC(C)c1nn(C)c(NC2(CO)CC2)c1N. The van der Waals surface area contributed by atoms with Crippen LogP contribution in [0.3, 0.4) is 0 Å². The Balaban J connectivity index is 2.27. The van der Waals surface area contributed by atoms with Gasteiger partial charge in [0.25, 0.3) is 0 Å². The quantitative estimate of drug-likeness (QED) is 0.715. The predicted molar refractivity (Wildman–Crippen MR) is 64.4 cm³/mol. The molecule has 5 nitrogen and oxygen atoms in total. The molecule has 1 aliphatic carbocycles. The number of hydrogen-bond donors (Lipinski definition) is 3. The molecule has 0 amide bonds. The molecule has 5 heteroatoms. The Morgan fingerprint density at radius 3 is 2.56 bits per heavy atom. The van der Waals surface area contributed by atoms with Crippen molar-refractivity contribution in [3.05, 3.63) is 5.69 Å². The molecule has 1 aromatic rings. The van der Waals surface area contributed by atoms with Crippen LogP contribution in [0.4, 0.5) is 11.5 Å². The largest absolute Gasteiger partial charge is 0.394 e. The van der Waals surface area contributed by atoms with E-state index in [1.807, 2.05) is 7.05 Å². The smallest absolute Gasteiger partial charge is 0.148 e.